The minimum Gasteiger partial charge on any atom is -0.508 e. The van der Waals surface area contributed by atoms with Crippen molar-refractivity contribution in [1.82, 2.24) is 16.0 Å². The molecule has 3 amide bonds. The van der Waals surface area contributed by atoms with Crippen LogP contribution in [-0.4, -0.2) is 63.2 Å². The highest BCUT2D eigenvalue weighted by atomic mass is 16.4. The highest BCUT2D eigenvalue weighted by Gasteiger charge is 2.33. The summed E-state index contributed by atoms with van der Waals surface area (Å²) in [6.07, 6.45) is 0.720. The summed E-state index contributed by atoms with van der Waals surface area (Å²) in [7, 11) is 0. The van der Waals surface area contributed by atoms with Gasteiger partial charge in [-0.3, -0.25) is 14.4 Å². The topological polar surface area (TPSA) is 191 Å². The molecule has 0 aliphatic heterocycles. The summed E-state index contributed by atoms with van der Waals surface area (Å²) in [5, 5.41) is 36.5. The first-order valence-electron chi connectivity index (χ1n) is 13.3. The molecule has 11 nitrogen and oxygen atoms in total. The summed E-state index contributed by atoms with van der Waals surface area (Å²) < 4.78 is 0. The van der Waals surface area contributed by atoms with E-state index in [0.29, 0.717) is 12.0 Å². The van der Waals surface area contributed by atoms with E-state index in [1.807, 2.05) is 6.92 Å². The molecule has 40 heavy (non-hydrogen) atoms. The van der Waals surface area contributed by atoms with Crippen molar-refractivity contribution in [2.75, 3.05) is 0 Å². The van der Waals surface area contributed by atoms with Gasteiger partial charge in [-0.05, 0) is 53.6 Å². The maximum Gasteiger partial charge on any atom is 0.326 e. The molecule has 11 heteroatoms. The Morgan fingerprint density at radius 1 is 0.725 bits per heavy atom. The third-order valence-electron chi connectivity index (χ3n) is 6.76. The van der Waals surface area contributed by atoms with Gasteiger partial charge >= 0.3 is 5.97 Å². The fraction of sp³-hybridized carbons (Fsp3) is 0.448. The molecule has 2 rings (SSSR count). The maximum absolute atomic E-state index is 13.3. The van der Waals surface area contributed by atoms with Crippen molar-refractivity contribution < 1.29 is 34.5 Å². The van der Waals surface area contributed by atoms with Crippen LogP contribution in [-0.2, 0) is 32.0 Å². The lowest BCUT2D eigenvalue weighted by atomic mass is 9.95. The predicted octanol–water partition coefficient (Wildman–Crippen LogP) is 1.45. The SMILES string of the molecule is CCC(C)C(NC(=O)C(N)Cc1ccc(O)cc1)C(=O)NC(C(=O)NC(Cc1ccc(O)cc1)C(=O)O)C(C)C. The molecule has 0 aromatic heterocycles. The second-order valence-electron chi connectivity index (χ2n) is 10.3. The number of carbonyl (C=O) groups is 4. The molecule has 0 spiro atoms. The van der Waals surface area contributed by atoms with Crippen LogP contribution >= 0.6 is 0 Å². The summed E-state index contributed by atoms with van der Waals surface area (Å²) in [6, 6.07) is 7.99. The molecule has 218 valence electrons. The standard InChI is InChI=1S/C29H40N4O7/c1-5-17(4)25(33-26(36)22(30)14-18-6-10-20(34)11-7-18)28(38)32-24(16(2)3)27(37)31-23(29(39)40)15-19-8-12-21(35)13-9-19/h6-13,16-17,22-25,34-35H,5,14-15,30H2,1-4H3,(H,31,37)(H,32,38)(H,33,36)(H,39,40). The van der Waals surface area contributed by atoms with Crippen molar-refractivity contribution in [1.29, 1.82) is 0 Å². The number of carbonyl (C=O) groups excluding carboxylic acids is 3. The highest BCUT2D eigenvalue weighted by molar-refractivity contribution is 5.94. The fourth-order valence-corrected chi connectivity index (χ4v) is 4.05. The molecule has 8 N–H and O–H groups in total. The number of benzene rings is 2. The van der Waals surface area contributed by atoms with E-state index in [0.717, 1.165) is 5.56 Å². The van der Waals surface area contributed by atoms with Crippen molar-refractivity contribution in [3.63, 3.8) is 0 Å². The molecule has 0 saturated heterocycles. The molecule has 0 aliphatic carbocycles. The molecule has 5 atom stereocenters. The first kappa shape index (κ1) is 32.1. The number of aliphatic carboxylic acids is 1. The van der Waals surface area contributed by atoms with Crippen molar-refractivity contribution in [2.45, 2.75) is 71.1 Å². The van der Waals surface area contributed by atoms with Crippen molar-refractivity contribution in [3.8, 4) is 11.5 Å². The molecule has 2 aromatic rings. The number of hydrogen-bond acceptors (Lipinski definition) is 7. The fourth-order valence-electron chi connectivity index (χ4n) is 4.05. The van der Waals surface area contributed by atoms with Gasteiger partial charge in [0, 0.05) is 6.42 Å². The normalized spacial score (nSPS) is 14.8. The molecule has 0 heterocycles. The molecule has 0 saturated carbocycles. The Kier molecular flexibility index (Phi) is 11.9. The zero-order valence-electron chi connectivity index (χ0n) is 23.3. The van der Waals surface area contributed by atoms with E-state index in [4.69, 9.17) is 5.73 Å². The highest BCUT2D eigenvalue weighted by Crippen LogP contribution is 2.14. The van der Waals surface area contributed by atoms with Crippen LogP contribution in [0.1, 0.15) is 45.2 Å². The molecule has 2 aromatic carbocycles. The number of carboxylic acid groups (broad SMARTS) is 1. The number of nitrogens with one attached hydrogen (secondary N) is 3. The summed E-state index contributed by atoms with van der Waals surface area (Å²) in [5.74, 6) is -3.60. The summed E-state index contributed by atoms with van der Waals surface area (Å²) in [4.78, 5) is 51.2. The van der Waals surface area contributed by atoms with E-state index in [2.05, 4.69) is 16.0 Å². The van der Waals surface area contributed by atoms with Gasteiger partial charge in [0.1, 0.15) is 29.6 Å². The van der Waals surface area contributed by atoms with E-state index < -0.39 is 53.8 Å². The van der Waals surface area contributed by atoms with E-state index in [1.54, 1.807) is 45.0 Å². The van der Waals surface area contributed by atoms with Gasteiger partial charge in [0.25, 0.3) is 0 Å². The minimum atomic E-state index is -1.27. The molecule has 5 unspecified atom stereocenters. The first-order chi connectivity index (χ1) is 18.8. The Balaban J connectivity index is 2.11. The number of rotatable bonds is 14. The lowest BCUT2D eigenvalue weighted by Gasteiger charge is -2.29. The maximum atomic E-state index is 13.3. The number of amides is 3. The number of hydrogen-bond donors (Lipinski definition) is 7. The Morgan fingerprint density at radius 3 is 1.62 bits per heavy atom. The minimum absolute atomic E-state index is 0.0232. The largest absolute Gasteiger partial charge is 0.508 e. The number of nitrogens with two attached hydrogens (primary N) is 1. The van der Waals surface area contributed by atoms with Gasteiger partial charge in [-0.2, -0.15) is 0 Å². The van der Waals surface area contributed by atoms with Crippen LogP contribution in [0.15, 0.2) is 48.5 Å². The Morgan fingerprint density at radius 2 is 1.18 bits per heavy atom. The van der Waals surface area contributed by atoms with Gasteiger partial charge in [0.15, 0.2) is 0 Å². The number of carboxylic acids is 1. The van der Waals surface area contributed by atoms with Crippen LogP contribution in [0.4, 0.5) is 0 Å². The lowest BCUT2D eigenvalue weighted by molar-refractivity contribution is -0.142. The Hall–Kier alpha value is -4.12. The number of phenolic OH excluding ortho intramolecular Hbond substituents is 2. The third kappa shape index (κ3) is 9.57. The Labute approximate surface area is 234 Å². The predicted molar refractivity (Wildman–Crippen MR) is 149 cm³/mol. The average molecular weight is 557 g/mol. The smallest absolute Gasteiger partial charge is 0.326 e. The molecular formula is C29H40N4O7. The molecule has 0 aliphatic rings. The summed E-state index contributed by atoms with van der Waals surface area (Å²) in [5.41, 5.74) is 7.42. The lowest BCUT2D eigenvalue weighted by Crippen LogP contribution is -2.60. The zero-order valence-corrected chi connectivity index (χ0v) is 23.3. The summed E-state index contributed by atoms with van der Waals surface area (Å²) in [6.45, 7) is 7.08. The second kappa shape index (κ2) is 14.9. The van der Waals surface area contributed by atoms with E-state index in [9.17, 15) is 34.5 Å². The Bertz CT molecular complexity index is 1150. The average Bonchev–Trinajstić information content (AvgIpc) is 2.91. The monoisotopic (exact) mass is 556 g/mol. The van der Waals surface area contributed by atoms with E-state index >= 15 is 0 Å². The van der Waals surface area contributed by atoms with Crippen LogP contribution in [0.25, 0.3) is 0 Å². The molecular weight excluding hydrogens is 516 g/mol. The van der Waals surface area contributed by atoms with Crippen LogP contribution in [0, 0.1) is 11.8 Å². The molecule has 0 bridgehead atoms. The van der Waals surface area contributed by atoms with Gasteiger partial charge in [0.05, 0.1) is 6.04 Å². The van der Waals surface area contributed by atoms with Gasteiger partial charge in [-0.15, -0.1) is 0 Å². The second-order valence-corrected chi connectivity index (χ2v) is 10.3. The van der Waals surface area contributed by atoms with Gasteiger partial charge < -0.3 is 37.0 Å². The van der Waals surface area contributed by atoms with E-state index in [-0.39, 0.29) is 30.3 Å². The van der Waals surface area contributed by atoms with Gasteiger partial charge in [-0.1, -0.05) is 58.4 Å². The number of aromatic hydroxyl groups is 2. The van der Waals surface area contributed by atoms with Crippen molar-refractivity contribution in [3.05, 3.63) is 59.7 Å². The number of phenols is 2. The first-order valence-corrected chi connectivity index (χ1v) is 13.3. The molecule has 0 radical (unpaired) electrons. The van der Waals surface area contributed by atoms with Gasteiger partial charge in [-0.25, -0.2) is 4.79 Å². The van der Waals surface area contributed by atoms with E-state index in [1.165, 1.54) is 24.3 Å². The molecule has 0 fully saturated rings. The van der Waals surface area contributed by atoms with Crippen LogP contribution in [0.5, 0.6) is 11.5 Å². The zero-order chi connectivity index (χ0) is 30.0. The van der Waals surface area contributed by atoms with Crippen LogP contribution in [0.3, 0.4) is 0 Å². The van der Waals surface area contributed by atoms with Crippen LogP contribution < -0.4 is 21.7 Å². The van der Waals surface area contributed by atoms with Crippen molar-refractivity contribution in [2.24, 2.45) is 17.6 Å². The third-order valence-corrected chi connectivity index (χ3v) is 6.76. The summed E-state index contributed by atoms with van der Waals surface area (Å²) >= 11 is 0. The van der Waals surface area contributed by atoms with Gasteiger partial charge in [0.2, 0.25) is 17.7 Å². The van der Waals surface area contributed by atoms with Crippen molar-refractivity contribution >= 4 is 23.7 Å². The quantitative estimate of drug-likeness (QED) is 0.182. The van der Waals surface area contributed by atoms with Crippen LogP contribution in [0.2, 0.25) is 0 Å².